The number of benzene rings is 1. The van der Waals surface area contributed by atoms with E-state index in [1.807, 2.05) is 37.4 Å². The lowest BCUT2D eigenvalue weighted by atomic mass is 10.1. The highest BCUT2D eigenvalue weighted by atomic mass is 16.1. The fourth-order valence-electron chi connectivity index (χ4n) is 4.23. The van der Waals surface area contributed by atoms with Gasteiger partial charge in [-0.15, -0.1) is 0 Å². The second-order valence-electron chi connectivity index (χ2n) is 8.37. The highest BCUT2D eigenvalue weighted by Crippen LogP contribution is 2.23. The molecule has 164 valence electrons. The number of para-hydroxylation sites is 2. The summed E-state index contributed by atoms with van der Waals surface area (Å²) in [4.78, 5) is 27.4. The Kier molecular flexibility index (Phi) is 5.10. The number of amides is 1. The molecule has 1 saturated heterocycles. The summed E-state index contributed by atoms with van der Waals surface area (Å²) in [5.41, 5.74) is 3.11. The third kappa shape index (κ3) is 3.94. The molecule has 0 spiro atoms. The fraction of sp³-hybridized carbons (Fsp3) is 0.304. The molecule has 3 N–H and O–H groups in total. The first-order chi connectivity index (χ1) is 15.5. The number of aromatic amines is 1. The van der Waals surface area contributed by atoms with Crippen LogP contribution in [0.4, 0.5) is 11.6 Å². The summed E-state index contributed by atoms with van der Waals surface area (Å²) >= 11 is 0. The summed E-state index contributed by atoms with van der Waals surface area (Å²) in [5.74, 6) is 1.79. The van der Waals surface area contributed by atoms with Gasteiger partial charge in [0.1, 0.15) is 11.5 Å². The minimum Gasteiger partial charge on any atom is -0.354 e. The predicted molar refractivity (Wildman–Crippen MR) is 125 cm³/mol. The van der Waals surface area contributed by atoms with Gasteiger partial charge in [-0.1, -0.05) is 12.1 Å². The summed E-state index contributed by atoms with van der Waals surface area (Å²) in [6.45, 7) is 6.11. The molecule has 1 aromatic carbocycles. The fourth-order valence-corrected chi connectivity index (χ4v) is 4.23. The molecule has 2 atom stereocenters. The number of imidazole rings is 1. The van der Waals surface area contributed by atoms with Gasteiger partial charge in [-0.25, -0.2) is 9.97 Å². The van der Waals surface area contributed by atoms with Crippen molar-refractivity contribution in [3.05, 3.63) is 54.2 Å². The molecule has 0 radical (unpaired) electrons. The van der Waals surface area contributed by atoms with Gasteiger partial charge in [-0.2, -0.15) is 5.10 Å². The standard InChI is InChI=1S/C23H26N8O/c1-14-12-31(13-15(2)25-14)21-9-8-16(11-24-21)23(32)28-20-10-19(30(3)29-20)22-26-17-6-4-5-7-18(17)27-22/h4-11,14-15,25H,12-13H2,1-3H3,(H,26,27)(H,28,29,32)/t14-,15+. The smallest absolute Gasteiger partial charge is 0.258 e. The van der Waals surface area contributed by atoms with Gasteiger partial charge in [0, 0.05) is 44.5 Å². The van der Waals surface area contributed by atoms with Gasteiger partial charge in [0.15, 0.2) is 11.6 Å². The molecule has 0 saturated carbocycles. The van der Waals surface area contributed by atoms with Crippen molar-refractivity contribution in [3.63, 3.8) is 0 Å². The molecule has 1 amide bonds. The third-order valence-corrected chi connectivity index (χ3v) is 5.64. The molecule has 9 heteroatoms. The molecule has 3 aromatic heterocycles. The minimum atomic E-state index is -0.250. The quantitative estimate of drug-likeness (QED) is 0.460. The van der Waals surface area contributed by atoms with E-state index in [0.717, 1.165) is 35.6 Å². The second-order valence-corrected chi connectivity index (χ2v) is 8.37. The maximum Gasteiger partial charge on any atom is 0.258 e. The summed E-state index contributed by atoms with van der Waals surface area (Å²) in [6.07, 6.45) is 1.62. The van der Waals surface area contributed by atoms with Crippen LogP contribution in [0.5, 0.6) is 0 Å². The first-order valence-electron chi connectivity index (χ1n) is 10.7. The third-order valence-electron chi connectivity index (χ3n) is 5.64. The lowest BCUT2D eigenvalue weighted by Gasteiger charge is -2.36. The Balaban J connectivity index is 1.30. The Labute approximate surface area is 185 Å². The number of piperazine rings is 1. The van der Waals surface area contributed by atoms with Crippen LogP contribution in [0, 0.1) is 0 Å². The van der Waals surface area contributed by atoms with E-state index in [1.165, 1.54) is 0 Å². The topological polar surface area (TPSA) is 104 Å². The number of nitrogens with one attached hydrogen (secondary N) is 3. The van der Waals surface area contributed by atoms with Crippen molar-refractivity contribution in [2.24, 2.45) is 7.05 Å². The van der Waals surface area contributed by atoms with Crippen molar-refractivity contribution >= 4 is 28.6 Å². The molecule has 1 aliphatic heterocycles. The highest BCUT2D eigenvalue weighted by Gasteiger charge is 2.22. The Morgan fingerprint density at radius 3 is 2.62 bits per heavy atom. The number of aryl methyl sites for hydroxylation is 1. The van der Waals surface area contributed by atoms with Gasteiger partial charge in [0.05, 0.1) is 16.6 Å². The van der Waals surface area contributed by atoms with Crippen molar-refractivity contribution in [1.82, 2.24) is 30.0 Å². The average molecular weight is 431 g/mol. The number of pyridine rings is 1. The first-order valence-corrected chi connectivity index (χ1v) is 10.7. The number of fused-ring (bicyclic) bond motifs is 1. The van der Waals surface area contributed by atoms with Gasteiger partial charge >= 0.3 is 0 Å². The largest absolute Gasteiger partial charge is 0.354 e. The zero-order chi connectivity index (χ0) is 22.2. The number of aromatic nitrogens is 5. The molecule has 1 aliphatic rings. The number of anilines is 2. The van der Waals surface area contributed by atoms with Crippen LogP contribution >= 0.6 is 0 Å². The van der Waals surface area contributed by atoms with E-state index in [1.54, 1.807) is 23.0 Å². The summed E-state index contributed by atoms with van der Waals surface area (Å²) < 4.78 is 1.70. The van der Waals surface area contributed by atoms with E-state index >= 15 is 0 Å². The Bertz CT molecular complexity index is 1220. The maximum absolute atomic E-state index is 12.8. The van der Waals surface area contributed by atoms with Crippen LogP contribution in [-0.2, 0) is 7.05 Å². The molecule has 0 aliphatic carbocycles. The summed E-state index contributed by atoms with van der Waals surface area (Å²) in [7, 11) is 1.82. The molecule has 9 nitrogen and oxygen atoms in total. The Hall–Kier alpha value is -3.72. The SMILES string of the molecule is C[C@@H]1CN(c2ccc(C(=O)Nc3cc(-c4nc5ccccc5[nH]4)n(C)n3)cn2)C[C@H](C)N1. The van der Waals surface area contributed by atoms with Crippen LogP contribution in [-0.4, -0.2) is 55.8 Å². The zero-order valence-corrected chi connectivity index (χ0v) is 18.3. The number of hydrogen-bond donors (Lipinski definition) is 3. The molecule has 32 heavy (non-hydrogen) atoms. The number of H-pyrrole nitrogens is 1. The van der Waals surface area contributed by atoms with Gasteiger partial charge < -0.3 is 20.5 Å². The van der Waals surface area contributed by atoms with Gasteiger partial charge in [-0.05, 0) is 38.1 Å². The van der Waals surface area contributed by atoms with E-state index in [0.29, 0.717) is 29.3 Å². The van der Waals surface area contributed by atoms with Crippen LogP contribution in [0.2, 0.25) is 0 Å². The molecule has 4 aromatic rings. The molecule has 4 heterocycles. The lowest BCUT2D eigenvalue weighted by Crippen LogP contribution is -2.54. The van der Waals surface area contributed by atoms with E-state index in [-0.39, 0.29) is 5.91 Å². The number of hydrogen-bond acceptors (Lipinski definition) is 6. The van der Waals surface area contributed by atoms with E-state index in [2.05, 4.69) is 49.4 Å². The van der Waals surface area contributed by atoms with Crippen LogP contribution in [0.3, 0.4) is 0 Å². The van der Waals surface area contributed by atoms with Crippen molar-refractivity contribution in [2.45, 2.75) is 25.9 Å². The predicted octanol–water partition coefficient (Wildman–Crippen LogP) is 2.80. The lowest BCUT2D eigenvalue weighted by molar-refractivity contribution is 0.102. The van der Waals surface area contributed by atoms with Gasteiger partial charge in [0.25, 0.3) is 5.91 Å². The van der Waals surface area contributed by atoms with Crippen molar-refractivity contribution < 1.29 is 4.79 Å². The minimum absolute atomic E-state index is 0.250. The number of nitrogens with zero attached hydrogens (tertiary/aromatic N) is 5. The normalized spacial score (nSPS) is 18.8. The molecular formula is C23H26N8O. The first kappa shape index (κ1) is 20.2. The average Bonchev–Trinajstić information content (AvgIpc) is 3.36. The van der Waals surface area contributed by atoms with Gasteiger partial charge in [-0.3, -0.25) is 9.48 Å². The number of rotatable bonds is 4. The monoisotopic (exact) mass is 430 g/mol. The maximum atomic E-state index is 12.8. The molecule has 0 bridgehead atoms. The second kappa shape index (κ2) is 8.08. The van der Waals surface area contributed by atoms with Crippen molar-refractivity contribution in [1.29, 1.82) is 0 Å². The van der Waals surface area contributed by atoms with Crippen LogP contribution in [0.15, 0.2) is 48.7 Å². The molecule has 1 fully saturated rings. The molecule has 0 unspecified atom stereocenters. The summed E-state index contributed by atoms with van der Waals surface area (Å²) in [5, 5.41) is 10.8. The Morgan fingerprint density at radius 1 is 1.12 bits per heavy atom. The Morgan fingerprint density at radius 2 is 1.91 bits per heavy atom. The molecule has 5 rings (SSSR count). The van der Waals surface area contributed by atoms with Crippen LogP contribution in [0.1, 0.15) is 24.2 Å². The van der Waals surface area contributed by atoms with Crippen LogP contribution < -0.4 is 15.5 Å². The number of carbonyl (C=O) groups excluding carboxylic acids is 1. The summed E-state index contributed by atoms with van der Waals surface area (Å²) in [6, 6.07) is 14.1. The van der Waals surface area contributed by atoms with Crippen LogP contribution in [0.25, 0.3) is 22.6 Å². The van der Waals surface area contributed by atoms with E-state index in [9.17, 15) is 4.79 Å². The van der Waals surface area contributed by atoms with Crippen molar-refractivity contribution in [3.8, 4) is 11.5 Å². The van der Waals surface area contributed by atoms with Crippen molar-refractivity contribution in [2.75, 3.05) is 23.3 Å². The van der Waals surface area contributed by atoms with E-state index < -0.39 is 0 Å². The molecular weight excluding hydrogens is 404 g/mol. The van der Waals surface area contributed by atoms with Gasteiger partial charge in [0.2, 0.25) is 0 Å². The highest BCUT2D eigenvalue weighted by molar-refractivity contribution is 6.03. The number of carbonyl (C=O) groups is 1. The zero-order valence-electron chi connectivity index (χ0n) is 18.3. The van der Waals surface area contributed by atoms with E-state index in [4.69, 9.17) is 0 Å².